The van der Waals surface area contributed by atoms with E-state index >= 15 is 0 Å². The van der Waals surface area contributed by atoms with Crippen molar-refractivity contribution in [3.63, 3.8) is 0 Å². The number of amides is 1. The highest BCUT2D eigenvalue weighted by Crippen LogP contribution is 2.23. The van der Waals surface area contributed by atoms with Gasteiger partial charge in [-0.05, 0) is 48.9 Å². The van der Waals surface area contributed by atoms with Crippen molar-refractivity contribution < 1.29 is 18.7 Å². The van der Waals surface area contributed by atoms with Gasteiger partial charge >= 0.3 is 5.97 Å². The smallest absolute Gasteiger partial charge is 0.337 e. The van der Waals surface area contributed by atoms with E-state index in [0.717, 1.165) is 5.56 Å². The quantitative estimate of drug-likeness (QED) is 0.654. The minimum atomic E-state index is -0.459. The van der Waals surface area contributed by atoms with Gasteiger partial charge in [-0.2, -0.15) is 5.10 Å². The van der Waals surface area contributed by atoms with Crippen molar-refractivity contribution in [3.8, 4) is 0 Å². The predicted octanol–water partition coefficient (Wildman–Crippen LogP) is 4.07. The monoisotopic (exact) mass is 401 g/mol. The number of halogens is 2. The number of rotatable bonds is 5. The van der Waals surface area contributed by atoms with E-state index in [1.54, 1.807) is 43.3 Å². The van der Waals surface area contributed by atoms with Crippen LogP contribution in [0.1, 0.15) is 32.0 Å². The summed E-state index contributed by atoms with van der Waals surface area (Å²) in [6, 6.07) is 12.3. The molecule has 0 saturated heterocycles. The summed E-state index contributed by atoms with van der Waals surface area (Å²) < 4.78 is 19.2. The molecule has 0 aliphatic rings. The molecule has 1 heterocycles. The highest BCUT2D eigenvalue weighted by molar-refractivity contribution is 6.33. The minimum Gasteiger partial charge on any atom is -0.465 e. The Bertz CT molecular complexity index is 1010. The van der Waals surface area contributed by atoms with Crippen molar-refractivity contribution in [2.24, 2.45) is 0 Å². The lowest BCUT2D eigenvalue weighted by atomic mass is 10.2. The number of carbonyl (C=O) groups is 2. The first kappa shape index (κ1) is 19.6. The molecule has 144 valence electrons. The third-order valence-corrected chi connectivity index (χ3v) is 4.49. The molecule has 3 rings (SSSR count). The van der Waals surface area contributed by atoms with Gasteiger partial charge < -0.3 is 10.1 Å². The zero-order valence-corrected chi connectivity index (χ0v) is 16.0. The number of anilines is 1. The van der Waals surface area contributed by atoms with Gasteiger partial charge in [0.05, 0.1) is 30.5 Å². The molecule has 0 saturated carbocycles. The van der Waals surface area contributed by atoms with Crippen molar-refractivity contribution in [3.05, 3.63) is 81.9 Å². The summed E-state index contributed by atoms with van der Waals surface area (Å²) in [6.45, 7) is 1.99. The third kappa shape index (κ3) is 4.20. The van der Waals surface area contributed by atoms with Crippen molar-refractivity contribution in [1.29, 1.82) is 0 Å². The fourth-order valence-corrected chi connectivity index (χ4v) is 3.00. The number of carbonyl (C=O) groups excluding carboxylic acids is 2. The first-order valence-corrected chi connectivity index (χ1v) is 8.74. The highest BCUT2D eigenvalue weighted by Gasteiger charge is 2.20. The number of aromatic nitrogens is 2. The van der Waals surface area contributed by atoms with Gasteiger partial charge in [-0.25, -0.2) is 13.9 Å². The van der Waals surface area contributed by atoms with Crippen LogP contribution in [-0.4, -0.2) is 28.8 Å². The molecular formula is C20H17ClFN3O3. The molecule has 1 aromatic heterocycles. The van der Waals surface area contributed by atoms with Crippen LogP contribution in [0.4, 0.5) is 10.1 Å². The Balaban J connectivity index is 1.77. The summed E-state index contributed by atoms with van der Waals surface area (Å²) in [6.07, 6.45) is 0. The summed E-state index contributed by atoms with van der Waals surface area (Å²) >= 11 is 6.36. The molecule has 2 aromatic carbocycles. The fraction of sp³-hybridized carbons (Fsp3) is 0.150. The second-order valence-electron chi connectivity index (χ2n) is 6.06. The average Bonchev–Trinajstić information content (AvgIpc) is 2.96. The fourth-order valence-electron chi connectivity index (χ4n) is 2.68. The van der Waals surface area contributed by atoms with E-state index in [0.29, 0.717) is 23.5 Å². The Hall–Kier alpha value is -3.19. The van der Waals surface area contributed by atoms with Crippen LogP contribution in [0.5, 0.6) is 0 Å². The van der Waals surface area contributed by atoms with Crippen LogP contribution in [-0.2, 0) is 11.3 Å². The third-order valence-electron chi connectivity index (χ3n) is 4.10. The second kappa shape index (κ2) is 8.22. The minimum absolute atomic E-state index is 0.186. The van der Waals surface area contributed by atoms with Crippen LogP contribution in [0.2, 0.25) is 5.15 Å². The SMILES string of the molecule is COC(=O)c1ccc(NC(=O)c2c(C)nn(Cc3ccc(F)cc3)c2Cl)cc1. The van der Waals surface area contributed by atoms with Crippen molar-refractivity contribution in [2.45, 2.75) is 13.5 Å². The number of esters is 1. The van der Waals surface area contributed by atoms with Crippen LogP contribution in [0.15, 0.2) is 48.5 Å². The van der Waals surface area contributed by atoms with E-state index in [9.17, 15) is 14.0 Å². The lowest BCUT2D eigenvalue weighted by molar-refractivity contribution is 0.0600. The van der Waals surface area contributed by atoms with Gasteiger partial charge in [0.15, 0.2) is 0 Å². The van der Waals surface area contributed by atoms with Gasteiger partial charge in [-0.1, -0.05) is 23.7 Å². The number of nitrogens with zero attached hydrogens (tertiary/aromatic N) is 2. The Morgan fingerprint density at radius 3 is 2.39 bits per heavy atom. The maximum atomic E-state index is 13.0. The van der Waals surface area contributed by atoms with Gasteiger partial charge in [0.2, 0.25) is 0 Å². The number of ether oxygens (including phenoxy) is 1. The Morgan fingerprint density at radius 2 is 1.79 bits per heavy atom. The zero-order valence-electron chi connectivity index (χ0n) is 15.2. The van der Waals surface area contributed by atoms with Gasteiger partial charge in [0.25, 0.3) is 5.91 Å². The second-order valence-corrected chi connectivity index (χ2v) is 6.42. The molecule has 0 bridgehead atoms. The zero-order chi connectivity index (χ0) is 20.3. The predicted molar refractivity (Wildman–Crippen MR) is 103 cm³/mol. The average molecular weight is 402 g/mol. The van der Waals surface area contributed by atoms with Crippen LogP contribution in [0, 0.1) is 12.7 Å². The van der Waals surface area contributed by atoms with E-state index < -0.39 is 11.9 Å². The largest absolute Gasteiger partial charge is 0.465 e. The van der Waals surface area contributed by atoms with Crippen molar-refractivity contribution in [2.75, 3.05) is 12.4 Å². The van der Waals surface area contributed by atoms with Crippen LogP contribution in [0.3, 0.4) is 0 Å². The van der Waals surface area contributed by atoms with E-state index in [2.05, 4.69) is 15.2 Å². The van der Waals surface area contributed by atoms with Crippen molar-refractivity contribution in [1.82, 2.24) is 9.78 Å². The number of hydrogen-bond acceptors (Lipinski definition) is 4. The Morgan fingerprint density at radius 1 is 1.14 bits per heavy atom. The molecule has 0 aliphatic heterocycles. The number of aryl methyl sites for hydroxylation is 1. The van der Waals surface area contributed by atoms with Gasteiger partial charge in [0.1, 0.15) is 11.0 Å². The van der Waals surface area contributed by atoms with Gasteiger partial charge in [0, 0.05) is 5.69 Å². The summed E-state index contributed by atoms with van der Waals surface area (Å²) in [5.74, 6) is -1.21. The molecule has 0 aliphatic carbocycles. The number of hydrogen-bond donors (Lipinski definition) is 1. The maximum Gasteiger partial charge on any atom is 0.337 e. The highest BCUT2D eigenvalue weighted by atomic mass is 35.5. The van der Waals surface area contributed by atoms with Crippen LogP contribution < -0.4 is 5.32 Å². The van der Waals surface area contributed by atoms with Gasteiger partial charge in [-0.3, -0.25) is 4.79 Å². The molecule has 0 radical (unpaired) electrons. The summed E-state index contributed by atoms with van der Waals surface area (Å²) in [5.41, 5.74) is 2.40. The lowest BCUT2D eigenvalue weighted by Crippen LogP contribution is -2.13. The molecule has 6 nitrogen and oxygen atoms in total. The molecule has 0 spiro atoms. The van der Waals surface area contributed by atoms with Crippen LogP contribution >= 0.6 is 11.6 Å². The Kier molecular flexibility index (Phi) is 5.75. The van der Waals surface area contributed by atoms with Crippen molar-refractivity contribution >= 4 is 29.2 Å². The maximum absolute atomic E-state index is 13.0. The lowest BCUT2D eigenvalue weighted by Gasteiger charge is -2.07. The molecule has 1 N–H and O–H groups in total. The molecule has 28 heavy (non-hydrogen) atoms. The molecule has 0 fully saturated rings. The molecular weight excluding hydrogens is 385 g/mol. The standard InChI is InChI=1S/C20H17ClFN3O3/c1-12-17(18(21)25(24-12)11-13-3-7-15(22)8-4-13)19(26)23-16-9-5-14(6-10-16)20(27)28-2/h3-10H,11H2,1-2H3,(H,23,26). The normalized spacial score (nSPS) is 10.6. The summed E-state index contributed by atoms with van der Waals surface area (Å²) in [4.78, 5) is 24.1. The number of methoxy groups -OCH3 is 1. The van der Waals surface area contributed by atoms with E-state index in [1.165, 1.54) is 23.9 Å². The molecule has 3 aromatic rings. The molecule has 8 heteroatoms. The van der Waals surface area contributed by atoms with Crippen LogP contribution in [0.25, 0.3) is 0 Å². The van der Waals surface area contributed by atoms with E-state index in [4.69, 9.17) is 11.6 Å². The first-order valence-electron chi connectivity index (χ1n) is 8.36. The number of benzene rings is 2. The first-order chi connectivity index (χ1) is 13.4. The number of nitrogens with one attached hydrogen (secondary N) is 1. The summed E-state index contributed by atoms with van der Waals surface area (Å²) in [5, 5.41) is 7.22. The topological polar surface area (TPSA) is 73.2 Å². The molecule has 0 unspecified atom stereocenters. The van der Waals surface area contributed by atoms with Gasteiger partial charge in [-0.15, -0.1) is 0 Å². The molecule has 0 atom stereocenters. The summed E-state index contributed by atoms with van der Waals surface area (Å²) in [7, 11) is 1.30. The van der Waals surface area contributed by atoms with E-state index in [-0.39, 0.29) is 16.5 Å². The van der Waals surface area contributed by atoms with E-state index in [1.807, 2.05) is 0 Å². The molecule has 1 amide bonds. The Labute approximate surface area is 165 Å².